The van der Waals surface area contributed by atoms with Crippen molar-refractivity contribution in [2.45, 2.75) is 13.0 Å². The number of carbonyl (C=O) groups excluding carboxylic acids is 2. The van der Waals surface area contributed by atoms with Crippen LogP contribution in [0.5, 0.6) is 23.0 Å². The highest BCUT2D eigenvalue weighted by Crippen LogP contribution is 2.39. The monoisotopic (exact) mass is 469 g/mol. The number of nitrogens with one attached hydrogen (secondary N) is 1. The molecule has 1 amide bonds. The van der Waals surface area contributed by atoms with Crippen LogP contribution in [0.4, 0.5) is 11.4 Å². The first-order valence-corrected chi connectivity index (χ1v) is 9.56. The molecule has 0 aliphatic heterocycles. The Morgan fingerprint density at radius 3 is 2.10 bits per heavy atom. The van der Waals surface area contributed by atoms with Crippen molar-refractivity contribution in [1.29, 1.82) is 0 Å². The Balaban J connectivity index is 2.37. The average Bonchev–Trinajstić information content (AvgIpc) is 2.73. The van der Waals surface area contributed by atoms with E-state index in [1.54, 1.807) is 0 Å². The second-order valence-corrected chi connectivity index (χ2v) is 6.91. The second-order valence-electron chi connectivity index (χ2n) is 6.07. The Labute approximate surface area is 189 Å². The zero-order chi connectivity index (χ0) is 23.1. The van der Waals surface area contributed by atoms with Gasteiger partial charge in [-0.25, -0.2) is 0 Å². The summed E-state index contributed by atoms with van der Waals surface area (Å²) in [5.74, 6) is -0.102. The number of ketones is 1. The van der Waals surface area contributed by atoms with E-state index in [0.717, 1.165) is 0 Å². The van der Waals surface area contributed by atoms with Gasteiger partial charge in [0.1, 0.15) is 17.2 Å². The minimum atomic E-state index is -1.44. The molecule has 2 aromatic carbocycles. The lowest BCUT2D eigenvalue weighted by molar-refractivity contribution is -0.126. The van der Waals surface area contributed by atoms with E-state index in [-0.39, 0.29) is 17.1 Å². The molecule has 0 fully saturated rings. The summed E-state index contributed by atoms with van der Waals surface area (Å²) in [7, 11) is 5.70. The van der Waals surface area contributed by atoms with Gasteiger partial charge in [-0.2, -0.15) is 10.2 Å². The van der Waals surface area contributed by atoms with Crippen molar-refractivity contribution >= 4 is 46.3 Å². The van der Waals surface area contributed by atoms with E-state index in [0.29, 0.717) is 27.3 Å². The van der Waals surface area contributed by atoms with Crippen molar-refractivity contribution in [3.63, 3.8) is 0 Å². The number of benzene rings is 2. The summed E-state index contributed by atoms with van der Waals surface area (Å²) in [6.45, 7) is 1.22. The Morgan fingerprint density at radius 2 is 1.55 bits per heavy atom. The van der Waals surface area contributed by atoms with Crippen LogP contribution in [-0.4, -0.2) is 46.2 Å². The zero-order valence-electron chi connectivity index (χ0n) is 17.5. The number of ether oxygens (including phenoxy) is 4. The number of halogens is 2. The highest BCUT2D eigenvalue weighted by atomic mass is 35.5. The van der Waals surface area contributed by atoms with E-state index in [1.807, 2.05) is 0 Å². The molecule has 31 heavy (non-hydrogen) atoms. The van der Waals surface area contributed by atoms with Gasteiger partial charge in [0.2, 0.25) is 6.04 Å². The lowest BCUT2D eigenvalue weighted by Gasteiger charge is -2.15. The predicted molar refractivity (Wildman–Crippen MR) is 117 cm³/mol. The molecular weight excluding hydrogens is 449 g/mol. The molecule has 0 aliphatic rings. The summed E-state index contributed by atoms with van der Waals surface area (Å²) in [6.07, 6.45) is 0. The quantitative estimate of drug-likeness (QED) is 0.420. The van der Waals surface area contributed by atoms with Gasteiger partial charge < -0.3 is 24.3 Å². The third kappa shape index (κ3) is 5.77. The molecule has 0 bridgehead atoms. The van der Waals surface area contributed by atoms with Crippen molar-refractivity contribution in [2.75, 3.05) is 33.8 Å². The van der Waals surface area contributed by atoms with Crippen LogP contribution >= 0.6 is 23.2 Å². The topological polar surface area (TPSA) is 108 Å². The first-order chi connectivity index (χ1) is 14.7. The van der Waals surface area contributed by atoms with Gasteiger partial charge in [0, 0.05) is 23.2 Å². The van der Waals surface area contributed by atoms with Crippen LogP contribution in [0.3, 0.4) is 0 Å². The van der Waals surface area contributed by atoms with Gasteiger partial charge in [-0.1, -0.05) is 23.2 Å². The summed E-state index contributed by atoms with van der Waals surface area (Å²) < 4.78 is 20.9. The fourth-order valence-corrected chi connectivity index (χ4v) is 3.02. The summed E-state index contributed by atoms with van der Waals surface area (Å²) in [5.41, 5.74) is 0.439. The summed E-state index contributed by atoms with van der Waals surface area (Å²) in [4.78, 5) is 24.9. The Hall–Kier alpha value is -3.04. The lowest BCUT2D eigenvalue weighted by Crippen LogP contribution is -2.32. The van der Waals surface area contributed by atoms with E-state index >= 15 is 0 Å². The predicted octanol–water partition coefficient (Wildman–Crippen LogP) is 4.71. The lowest BCUT2D eigenvalue weighted by atomic mass is 10.2. The van der Waals surface area contributed by atoms with Crippen molar-refractivity contribution in [2.24, 2.45) is 10.2 Å². The number of carbonyl (C=O) groups is 2. The summed E-state index contributed by atoms with van der Waals surface area (Å²) in [5, 5.41) is 11.1. The molecular formula is C20H21Cl2N3O6. The van der Waals surface area contributed by atoms with E-state index in [2.05, 4.69) is 15.5 Å². The third-order valence-electron chi connectivity index (χ3n) is 4.07. The molecule has 0 aliphatic carbocycles. The Kier molecular flexibility index (Phi) is 8.47. The highest BCUT2D eigenvalue weighted by molar-refractivity contribution is 6.32. The van der Waals surface area contributed by atoms with Gasteiger partial charge in [0.25, 0.3) is 5.91 Å². The van der Waals surface area contributed by atoms with Gasteiger partial charge in [-0.3, -0.25) is 9.59 Å². The van der Waals surface area contributed by atoms with Gasteiger partial charge >= 0.3 is 0 Å². The van der Waals surface area contributed by atoms with Crippen LogP contribution in [0.1, 0.15) is 6.92 Å². The number of amides is 1. The first kappa shape index (κ1) is 24.2. The van der Waals surface area contributed by atoms with Crippen LogP contribution in [-0.2, 0) is 9.59 Å². The maximum Gasteiger partial charge on any atom is 0.258 e. The zero-order valence-corrected chi connectivity index (χ0v) is 19.0. The van der Waals surface area contributed by atoms with Crippen LogP contribution in [0, 0.1) is 0 Å². The number of hydrogen-bond acceptors (Lipinski definition) is 8. The van der Waals surface area contributed by atoms with E-state index in [9.17, 15) is 9.59 Å². The molecule has 1 atom stereocenters. The smallest absolute Gasteiger partial charge is 0.258 e. The van der Waals surface area contributed by atoms with Crippen LogP contribution in [0.15, 0.2) is 34.5 Å². The van der Waals surface area contributed by atoms with Gasteiger partial charge in [-0.05, 0) is 13.0 Å². The van der Waals surface area contributed by atoms with Crippen molar-refractivity contribution in [1.82, 2.24) is 0 Å². The number of nitrogens with zero attached hydrogens (tertiary/aromatic N) is 2. The molecule has 1 N–H and O–H groups in total. The number of azo groups is 1. The standard InChI is InChI=1S/C20H21Cl2N3O6/c1-10(26)18(25-24-13-9-15(28-2)12(22)8-16(13)29-3)20(27)23-14-6-11(21)7-17(30-4)19(14)31-5/h6-9,18H,1-5H3,(H,23,27). The molecule has 0 saturated heterocycles. The molecule has 0 spiro atoms. The van der Waals surface area contributed by atoms with Gasteiger partial charge in [0.05, 0.1) is 39.1 Å². The maximum atomic E-state index is 12.8. The van der Waals surface area contributed by atoms with Crippen LogP contribution in [0.2, 0.25) is 10.0 Å². The summed E-state index contributed by atoms with van der Waals surface area (Å²) in [6, 6.07) is 4.51. The number of Topliss-reactive ketones (excluding diaryl/α,β-unsaturated/α-hetero) is 1. The SMILES string of the molecule is COc1cc(N=NC(C(C)=O)C(=O)Nc2cc(Cl)cc(OC)c2OC)c(OC)cc1Cl. The Morgan fingerprint density at radius 1 is 0.903 bits per heavy atom. The fraction of sp³-hybridized carbons (Fsp3) is 0.300. The molecule has 2 aromatic rings. The molecule has 0 saturated carbocycles. The van der Waals surface area contributed by atoms with E-state index < -0.39 is 17.7 Å². The molecule has 166 valence electrons. The van der Waals surface area contributed by atoms with Crippen molar-refractivity contribution in [3.8, 4) is 23.0 Å². The van der Waals surface area contributed by atoms with E-state index in [1.165, 1.54) is 59.6 Å². The molecule has 11 heteroatoms. The highest BCUT2D eigenvalue weighted by Gasteiger charge is 2.25. The molecule has 9 nitrogen and oxygen atoms in total. The van der Waals surface area contributed by atoms with Crippen LogP contribution < -0.4 is 24.3 Å². The number of anilines is 1. The molecule has 0 aromatic heterocycles. The Bertz CT molecular complexity index is 1010. The van der Waals surface area contributed by atoms with Gasteiger partial charge in [-0.15, -0.1) is 0 Å². The fourth-order valence-electron chi connectivity index (χ4n) is 2.59. The number of methoxy groups -OCH3 is 4. The number of rotatable bonds is 9. The van der Waals surface area contributed by atoms with Crippen molar-refractivity contribution in [3.05, 3.63) is 34.3 Å². The third-order valence-corrected chi connectivity index (χ3v) is 4.58. The minimum absolute atomic E-state index is 0.212. The molecule has 1 unspecified atom stereocenters. The van der Waals surface area contributed by atoms with Gasteiger partial charge in [0.15, 0.2) is 17.3 Å². The maximum absolute atomic E-state index is 12.8. The van der Waals surface area contributed by atoms with E-state index in [4.69, 9.17) is 42.1 Å². The second kappa shape index (κ2) is 10.8. The summed E-state index contributed by atoms with van der Waals surface area (Å²) >= 11 is 12.1. The largest absolute Gasteiger partial charge is 0.495 e. The normalized spacial score (nSPS) is 11.7. The number of hydrogen-bond donors (Lipinski definition) is 1. The molecule has 0 heterocycles. The van der Waals surface area contributed by atoms with Crippen molar-refractivity contribution < 1.29 is 28.5 Å². The minimum Gasteiger partial charge on any atom is -0.495 e. The van der Waals surface area contributed by atoms with Crippen LogP contribution in [0.25, 0.3) is 0 Å². The molecule has 2 rings (SSSR count). The average molecular weight is 470 g/mol. The molecule has 0 radical (unpaired) electrons. The first-order valence-electron chi connectivity index (χ1n) is 8.80.